The van der Waals surface area contributed by atoms with Crippen LogP contribution in [0.5, 0.6) is 0 Å². The molecule has 0 saturated heterocycles. The average Bonchev–Trinajstić information content (AvgIpc) is 3.45. The number of benzene rings is 2. The molecular formula is C18H18N4O4. The molecule has 26 heavy (non-hydrogen) atoms. The number of nitrogen functional groups attached to an aromatic ring is 1. The Morgan fingerprint density at radius 1 is 1.19 bits per heavy atom. The van der Waals surface area contributed by atoms with Crippen molar-refractivity contribution in [2.24, 2.45) is 5.92 Å². The minimum Gasteiger partial charge on any atom is -0.393 e. The van der Waals surface area contributed by atoms with Crippen molar-refractivity contribution in [3.63, 3.8) is 0 Å². The minimum atomic E-state index is -0.627. The fraction of sp³-hybridized carbons (Fsp3) is 0.222. The molecule has 2 amide bonds. The van der Waals surface area contributed by atoms with Crippen molar-refractivity contribution >= 4 is 28.9 Å². The summed E-state index contributed by atoms with van der Waals surface area (Å²) in [7, 11) is 0. The lowest BCUT2D eigenvalue weighted by molar-refractivity contribution is -0.383. The van der Waals surface area contributed by atoms with E-state index in [2.05, 4.69) is 10.6 Å². The molecule has 0 aromatic heterocycles. The number of nitrogens with two attached hydrogens (primary N) is 1. The van der Waals surface area contributed by atoms with Gasteiger partial charge in [0.1, 0.15) is 5.69 Å². The third-order valence-electron chi connectivity index (χ3n) is 4.09. The predicted octanol–water partition coefficient (Wildman–Crippen LogP) is 2.46. The Morgan fingerprint density at radius 3 is 2.65 bits per heavy atom. The summed E-state index contributed by atoms with van der Waals surface area (Å²) in [4.78, 5) is 34.3. The first-order valence-corrected chi connectivity index (χ1v) is 8.16. The SMILES string of the molecule is Nc1ccc(C(=O)NCc2cccc(NC(=O)C3CC3)c2)cc1[N+](=O)[O-]. The van der Waals surface area contributed by atoms with Crippen LogP contribution in [0.1, 0.15) is 28.8 Å². The molecule has 1 aliphatic carbocycles. The smallest absolute Gasteiger partial charge is 0.292 e. The normalized spacial score (nSPS) is 13.1. The Labute approximate surface area is 149 Å². The Balaban J connectivity index is 1.63. The van der Waals surface area contributed by atoms with Crippen LogP contribution >= 0.6 is 0 Å². The fourth-order valence-electron chi connectivity index (χ4n) is 2.48. The van der Waals surface area contributed by atoms with Crippen LogP contribution in [-0.4, -0.2) is 16.7 Å². The lowest BCUT2D eigenvalue weighted by Crippen LogP contribution is -2.23. The number of carbonyl (C=O) groups excluding carboxylic acids is 2. The third kappa shape index (κ3) is 4.15. The predicted molar refractivity (Wildman–Crippen MR) is 96.5 cm³/mol. The highest BCUT2D eigenvalue weighted by atomic mass is 16.6. The van der Waals surface area contributed by atoms with Crippen LogP contribution in [0.25, 0.3) is 0 Å². The summed E-state index contributed by atoms with van der Waals surface area (Å²) in [6, 6.07) is 11.1. The van der Waals surface area contributed by atoms with E-state index in [4.69, 9.17) is 5.73 Å². The lowest BCUT2D eigenvalue weighted by atomic mass is 10.1. The Bertz CT molecular complexity index is 877. The van der Waals surface area contributed by atoms with E-state index in [0.717, 1.165) is 24.5 Å². The van der Waals surface area contributed by atoms with Gasteiger partial charge in [-0.25, -0.2) is 0 Å². The standard InChI is InChI=1S/C18H18N4O4/c19-15-7-6-13(9-16(15)22(25)26)17(23)20-10-11-2-1-3-14(8-11)21-18(24)12-4-5-12/h1-3,6-9,12H,4-5,10,19H2,(H,20,23)(H,21,24). The Hall–Kier alpha value is -3.42. The molecule has 8 heteroatoms. The number of nitrogens with one attached hydrogen (secondary N) is 2. The summed E-state index contributed by atoms with van der Waals surface area (Å²) in [5.74, 6) is -0.319. The summed E-state index contributed by atoms with van der Waals surface area (Å²) in [5, 5.41) is 16.5. The summed E-state index contributed by atoms with van der Waals surface area (Å²) >= 11 is 0. The van der Waals surface area contributed by atoms with Crippen LogP contribution < -0.4 is 16.4 Å². The summed E-state index contributed by atoms with van der Waals surface area (Å²) < 4.78 is 0. The number of rotatable bonds is 6. The van der Waals surface area contributed by atoms with Gasteiger partial charge in [0.15, 0.2) is 0 Å². The average molecular weight is 354 g/mol. The molecule has 0 bridgehead atoms. The zero-order valence-corrected chi connectivity index (χ0v) is 13.9. The molecule has 2 aromatic rings. The van der Waals surface area contributed by atoms with E-state index in [1.807, 2.05) is 6.07 Å². The van der Waals surface area contributed by atoms with E-state index in [1.165, 1.54) is 12.1 Å². The Kier molecular flexibility index (Phi) is 4.83. The number of carbonyl (C=O) groups is 2. The van der Waals surface area contributed by atoms with Crippen molar-refractivity contribution in [3.8, 4) is 0 Å². The van der Waals surface area contributed by atoms with Crippen LogP contribution in [-0.2, 0) is 11.3 Å². The molecule has 4 N–H and O–H groups in total. The van der Waals surface area contributed by atoms with Gasteiger partial charge in [0.25, 0.3) is 11.6 Å². The maximum atomic E-state index is 12.2. The van der Waals surface area contributed by atoms with Crippen molar-refractivity contribution in [2.45, 2.75) is 19.4 Å². The molecule has 1 aliphatic rings. The summed E-state index contributed by atoms with van der Waals surface area (Å²) in [5.41, 5.74) is 6.87. The number of nitrogens with zero attached hydrogens (tertiary/aromatic N) is 1. The second kappa shape index (κ2) is 7.22. The topological polar surface area (TPSA) is 127 Å². The van der Waals surface area contributed by atoms with Gasteiger partial charge in [0.05, 0.1) is 4.92 Å². The van der Waals surface area contributed by atoms with Gasteiger partial charge in [0, 0.05) is 29.8 Å². The van der Waals surface area contributed by atoms with Crippen LogP contribution in [0.2, 0.25) is 0 Å². The van der Waals surface area contributed by atoms with Crippen molar-refractivity contribution in [2.75, 3.05) is 11.1 Å². The molecular weight excluding hydrogens is 336 g/mol. The first kappa shape index (κ1) is 17.4. The van der Waals surface area contributed by atoms with E-state index in [9.17, 15) is 19.7 Å². The van der Waals surface area contributed by atoms with Gasteiger partial charge in [-0.2, -0.15) is 0 Å². The number of hydrogen-bond donors (Lipinski definition) is 3. The van der Waals surface area contributed by atoms with Gasteiger partial charge in [-0.3, -0.25) is 19.7 Å². The third-order valence-corrected chi connectivity index (χ3v) is 4.09. The fourth-order valence-corrected chi connectivity index (χ4v) is 2.48. The molecule has 0 atom stereocenters. The molecule has 134 valence electrons. The van der Waals surface area contributed by atoms with Gasteiger partial charge in [-0.05, 0) is 42.7 Å². The van der Waals surface area contributed by atoms with Crippen LogP contribution in [0.15, 0.2) is 42.5 Å². The van der Waals surface area contributed by atoms with Crippen LogP contribution in [0.4, 0.5) is 17.1 Å². The monoisotopic (exact) mass is 354 g/mol. The molecule has 0 unspecified atom stereocenters. The number of hydrogen-bond acceptors (Lipinski definition) is 5. The van der Waals surface area contributed by atoms with Crippen molar-refractivity contribution in [1.82, 2.24) is 5.32 Å². The Morgan fingerprint density at radius 2 is 1.96 bits per heavy atom. The number of amides is 2. The number of nitro benzene ring substituents is 1. The highest BCUT2D eigenvalue weighted by Gasteiger charge is 2.29. The lowest BCUT2D eigenvalue weighted by Gasteiger charge is -2.09. The van der Waals surface area contributed by atoms with Gasteiger partial charge >= 0.3 is 0 Å². The number of nitro groups is 1. The zero-order chi connectivity index (χ0) is 18.7. The molecule has 2 aromatic carbocycles. The molecule has 1 fully saturated rings. The number of anilines is 2. The molecule has 3 rings (SSSR count). The maximum Gasteiger partial charge on any atom is 0.292 e. The van der Waals surface area contributed by atoms with E-state index in [0.29, 0.717) is 5.69 Å². The quantitative estimate of drug-likeness (QED) is 0.417. The molecule has 0 heterocycles. The van der Waals surface area contributed by atoms with Crippen molar-refractivity contribution < 1.29 is 14.5 Å². The van der Waals surface area contributed by atoms with Gasteiger partial charge in [-0.1, -0.05) is 12.1 Å². The van der Waals surface area contributed by atoms with E-state index in [-0.39, 0.29) is 35.3 Å². The first-order chi connectivity index (χ1) is 12.4. The van der Waals surface area contributed by atoms with E-state index >= 15 is 0 Å². The largest absolute Gasteiger partial charge is 0.393 e. The van der Waals surface area contributed by atoms with Crippen molar-refractivity contribution in [1.29, 1.82) is 0 Å². The summed E-state index contributed by atoms with van der Waals surface area (Å²) in [6.07, 6.45) is 1.85. The van der Waals surface area contributed by atoms with Crippen LogP contribution in [0, 0.1) is 16.0 Å². The highest BCUT2D eigenvalue weighted by molar-refractivity contribution is 5.96. The molecule has 0 aliphatic heterocycles. The van der Waals surface area contributed by atoms with Crippen LogP contribution in [0.3, 0.4) is 0 Å². The molecule has 0 radical (unpaired) electrons. The molecule has 1 saturated carbocycles. The van der Waals surface area contributed by atoms with E-state index in [1.54, 1.807) is 18.2 Å². The second-order valence-electron chi connectivity index (χ2n) is 6.18. The molecule has 0 spiro atoms. The first-order valence-electron chi connectivity index (χ1n) is 8.16. The zero-order valence-electron chi connectivity index (χ0n) is 13.9. The molecule has 8 nitrogen and oxygen atoms in total. The second-order valence-corrected chi connectivity index (χ2v) is 6.18. The maximum absolute atomic E-state index is 12.2. The van der Waals surface area contributed by atoms with Gasteiger partial charge in [-0.15, -0.1) is 0 Å². The summed E-state index contributed by atoms with van der Waals surface area (Å²) in [6.45, 7) is 0.226. The van der Waals surface area contributed by atoms with Crippen molar-refractivity contribution in [3.05, 3.63) is 63.7 Å². The van der Waals surface area contributed by atoms with Gasteiger partial charge in [0.2, 0.25) is 5.91 Å². The highest BCUT2D eigenvalue weighted by Crippen LogP contribution is 2.30. The minimum absolute atomic E-state index is 0.00524. The van der Waals surface area contributed by atoms with E-state index < -0.39 is 10.8 Å². The van der Waals surface area contributed by atoms with Gasteiger partial charge < -0.3 is 16.4 Å².